The SMILES string of the molecule is c1ccc(C(OCCN2CCCN3CCCC3C2)c2ccccc2)cc1. The van der Waals surface area contributed by atoms with Gasteiger partial charge in [0, 0.05) is 19.1 Å². The van der Waals surface area contributed by atoms with Crippen molar-refractivity contribution >= 4 is 0 Å². The summed E-state index contributed by atoms with van der Waals surface area (Å²) in [5, 5.41) is 0. The fourth-order valence-electron chi connectivity index (χ4n) is 4.43. The van der Waals surface area contributed by atoms with Gasteiger partial charge in [0.1, 0.15) is 6.10 Å². The van der Waals surface area contributed by atoms with E-state index in [1.807, 2.05) is 0 Å². The zero-order valence-electron chi connectivity index (χ0n) is 15.6. The monoisotopic (exact) mass is 350 g/mol. The van der Waals surface area contributed by atoms with Gasteiger partial charge in [0.05, 0.1) is 6.61 Å². The van der Waals surface area contributed by atoms with E-state index < -0.39 is 0 Å². The predicted octanol–water partition coefficient (Wildman–Crippen LogP) is 3.96. The van der Waals surface area contributed by atoms with E-state index in [0.717, 1.165) is 19.2 Å². The Morgan fingerprint density at radius 3 is 2.19 bits per heavy atom. The van der Waals surface area contributed by atoms with Crippen molar-refractivity contribution in [2.75, 3.05) is 39.3 Å². The molecule has 3 heteroatoms. The van der Waals surface area contributed by atoms with Gasteiger partial charge in [0.25, 0.3) is 0 Å². The van der Waals surface area contributed by atoms with E-state index >= 15 is 0 Å². The van der Waals surface area contributed by atoms with Crippen LogP contribution in [0.25, 0.3) is 0 Å². The van der Waals surface area contributed by atoms with Crippen molar-refractivity contribution in [3.63, 3.8) is 0 Å². The summed E-state index contributed by atoms with van der Waals surface area (Å²) >= 11 is 0. The molecule has 2 aromatic rings. The Morgan fingerprint density at radius 1 is 0.846 bits per heavy atom. The lowest BCUT2D eigenvalue weighted by Crippen LogP contribution is -2.38. The molecule has 0 amide bonds. The topological polar surface area (TPSA) is 15.7 Å². The second kappa shape index (κ2) is 8.81. The summed E-state index contributed by atoms with van der Waals surface area (Å²) in [6.45, 7) is 6.81. The van der Waals surface area contributed by atoms with E-state index in [1.165, 1.54) is 56.6 Å². The lowest BCUT2D eigenvalue weighted by Gasteiger charge is -2.26. The Morgan fingerprint density at radius 2 is 1.50 bits per heavy atom. The number of benzene rings is 2. The van der Waals surface area contributed by atoms with Gasteiger partial charge in [-0.25, -0.2) is 0 Å². The summed E-state index contributed by atoms with van der Waals surface area (Å²) in [5.74, 6) is 0. The van der Waals surface area contributed by atoms with Crippen LogP contribution in [0.2, 0.25) is 0 Å². The van der Waals surface area contributed by atoms with E-state index in [2.05, 4.69) is 70.5 Å². The summed E-state index contributed by atoms with van der Waals surface area (Å²) in [6.07, 6.45) is 4.05. The molecule has 1 unspecified atom stereocenters. The molecule has 138 valence electrons. The van der Waals surface area contributed by atoms with Crippen molar-refractivity contribution in [1.29, 1.82) is 0 Å². The molecule has 0 N–H and O–H groups in total. The van der Waals surface area contributed by atoms with Crippen LogP contribution in [0.15, 0.2) is 60.7 Å². The molecule has 0 bridgehead atoms. The Balaban J connectivity index is 1.37. The number of nitrogens with zero attached hydrogens (tertiary/aromatic N) is 2. The maximum atomic E-state index is 6.41. The lowest BCUT2D eigenvalue weighted by atomic mass is 10.0. The first-order valence-corrected chi connectivity index (χ1v) is 10.1. The molecule has 0 spiro atoms. The zero-order valence-corrected chi connectivity index (χ0v) is 15.6. The number of fused-ring (bicyclic) bond motifs is 1. The van der Waals surface area contributed by atoms with Crippen LogP contribution >= 0.6 is 0 Å². The molecule has 26 heavy (non-hydrogen) atoms. The molecule has 0 aliphatic carbocycles. The van der Waals surface area contributed by atoms with Crippen molar-refractivity contribution < 1.29 is 4.74 Å². The molecule has 3 nitrogen and oxygen atoms in total. The van der Waals surface area contributed by atoms with Gasteiger partial charge < -0.3 is 4.74 Å². The Labute approximate surface area is 157 Å². The Bertz CT molecular complexity index is 621. The van der Waals surface area contributed by atoms with E-state index in [0.29, 0.717) is 0 Å². The third-order valence-electron chi connectivity index (χ3n) is 5.78. The van der Waals surface area contributed by atoms with Crippen molar-refractivity contribution in [1.82, 2.24) is 9.80 Å². The van der Waals surface area contributed by atoms with E-state index in [4.69, 9.17) is 4.74 Å². The minimum Gasteiger partial charge on any atom is -0.367 e. The minimum absolute atomic E-state index is 0.0207. The van der Waals surface area contributed by atoms with Gasteiger partial charge in [-0.15, -0.1) is 0 Å². The molecule has 2 aromatic carbocycles. The third-order valence-corrected chi connectivity index (χ3v) is 5.78. The summed E-state index contributed by atoms with van der Waals surface area (Å²) in [5.41, 5.74) is 2.47. The molecule has 4 rings (SSSR count). The summed E-state index contributed by atoms with van der Waals surface area (Å²) in [4.78, 5) is 5.31. The van der Waals surface area contributed by atoms with Gasteiger partial charge in [-0.1, -0.05) is 60.7 Å². The number of ether oxygens (including phenoxy) is 1. The average Bonchev–Trinajstić information content (AvgIpc) is 3.04. The second-order valence-corrected chi connectivity index (χ2v) is 7.56. The van der Waals surface area contributed by atoms with Crippen LogP contribution in [-0.2, 0) is 4.74 Å². The minimum atomic E-state index is 0.0207. The molecule has 0 saturated carbocycles. The van der Waals surface area contributed by atoms with E-state index in [1.54, 1.807) is 0 Å². The number of hydrogen-bond acceptors (Lipinski definition) is 3. The van der Waals surface area contributed by atoms with Crippen molar-refractivity contribution in [2.45, 2.75) is 31.4 Å². The van der Waals surface area contributed by atoms with Crippen molar-refractivity contribution in [2.24, 2.45) is 0 Å². The van der Waals surface area contributed by atoms with Gasteiger partial charge in [-0.05, 0) is 50.0 Å². The summed E-state index contributed by atoms with van der Waals surface area (Å²) in [7, 11) is 0. The highest BCUT2D eigenvalue weighted by atomic mass is 16.5. The van der Waals surface area contributed by atoms with Gasteiger partial charge >= 0.3 is 0 Å². The first-order valence-electron chi connectivity index (χ1n) is 10.1. The van der Waals surface area contributed by atoms with Gasteiger partial charge in [-0.2, -0.15) is 0 Å². The maximum absolute atomic E-state index is 6.41. The number of rotatable bonds is 6. The van der Waals surface area contributed by atoms with Crippen LogP contribution < -0.4 is 0 Å². The molecule has 0 aromatic heterocycles. The molecule has 1 atom stereocenters. The normalized spacial score (nSPS) is 21.7. The standard InChI is InChI=1S/C23H30N2O/c1-3-9-20(10-4-1)23(21-11-5-2-6-12-21)26-18-17-24-14-8-16-25-15-7-13-22(25)19-24/h1-6,9-12,22-23H,7-8,13-19H2. The summed E-state index contributed by atoms with van der Waals surface area (Å²) < 4.78 is 6.41. The molecule has 0 radical (unpaired) electrons. The third kappa shape index (κ3) is 4.35. The number of hydrogen-bond donors (Lipinski definition) is 0. The highest BCUT2D eigenvalue weighted by molar-refractivity contribution is 5.29. The van der Waals surface area contributed by atoms with Gasteiger partial charge in [-0.3, -0.25) is 9.80 Å². The fourth-order valence-corrected chi connectivity index (χ4v) is 4.43. The smallest absolute Gasteiger partial charge is 0.108 e. The van der Waals surface area contributed by atoms with Gasteiger partial charge in [0.15, 0.2) is 0 Å². The molecular formula is C23H30N2O. The van der Waals surface area contributed by atoms with Crippen molar-refractivity contribution in [3.8, 4) is 0 Å². The first-order chi connectivity index (χ1) is 12.9. The molecule has 2 aliphatic rings. The fraction of sp³-hybridized carbons (Fsp3) is 0.478. The molecular weight excluding hydrogens is 320 g/mol. The van der Waals surface area contributed by atoms with Crippen LogP contribution in [-0.4, -0.2) is 55.2 Å². The largest absolute Gasteiger partial charge is 0.367 e. The van der Waals surface area contributed by atoms with Crippen LogP contribution in [0.1, 0.15) is 36.5 Å². The van der Waals surface area contributed by atoms with E-state index in [9.17, 15) is 0 Å². The quantitative estimate of drug-likeness (QED) is 0.784. The molecule has 2 saturated heterocycles. The summed E-state index contributed by atoms with van der Waals surface area (Å²) in [6, 6.07) is 22.0. The maximum Gasteiger partial charge on any atom is 0.108 e. The van der Waals surface area contributed by atoms with Crippen LogP contribution in [0, 0.1) is 0 Å². The molecule has 2 fully saturated rings. The van der Waals surface area contributed by atoms with Crippen LogP contribution in [0.4, 0.5) is 0 Å². The average molecular weight is 351 g/mol. The van der Waals surface area contributed by atoms with Crippen molar-refractivity contribution in [3.05, 3.63) is 71.8 Å². The second-order valence-electron chi connectivity index (χ2n) is 7.56. The van der Waals surface area contributed by atoms with E-state index in [-0.39, 0.29) is 6.10 Å². The Kier molecular flexibility index (Phi) is 6.00. The first kappa shape index (κ1) is 17.7. The molecule has 2 aliphatic heterocycles. The predicted molar refractivity (Wildman–Crippen MR) is 106 cm³/mol. The lowest BCUT2D eigenvalue weighted by molar-refractivity contribution is 0.0583. The molecule has 2 heterocycles. The van der Waals surface area contributed by atoms with Crippen LogP contribution in [0.3, 0.4) is 0 Å². The highest BCUT2D eigenvalue weighted by Gasteiger charge is 2.28. The highest BCUT2D eigenvalue weighted by Crippen LogP contribution is 2.26. The van der Waals surface area contributed by atoms with Crippen LogP contribution in [0.5, 0.6) is 0 Å². The van der Waals surface area contributed by atoms with Gasteiger partial charge in [0.2, 0.25) is 0 Å². The zero-order chi connectivity index (χ0) is 17.6. The Hall–Kier alpha value is -1.68.